The summed E-state index contributed by atoms with van der Waals surface area (Å²) in [6, 6.07) is 3.67. The molecular weight excluding hydrogens is 218 g/mol. The lowest BCUT2D eigenvalue weighted by Crippen LogP contribution is -2.34. The van der Waals surface area contributed by atoms with Crippen LogP contribution in [0.15, 0.2) is 12.1 Å². The van der Waals surface area contributed by atoms with Gasteiger partial charge < -0.3 is 14.9 Å². The van der Waals surface area contributed by atoms with Crippen LogP contribution in [0.3, 0.4) is 0 Å². The number of hydrogen-bond acceptors (Lipinski definition) is 4. The van der Waals surface area contributed by atoms with Crippen molar-refractivity contribution < 1.29 is 14.9 Å². The maximum atomic E-state index is 9.84. The summed E-state index contributed by atoms with van der Waals surface area (Å²) in [6.45, 7) is 1.73. The summed E-state index contributed by atoms with van der Waals surface area (Å²) in [5, 5.41) is 19.1. The molecule has 17 heavy (non-hydrogen) atoms. The molecule has 0 aliphatic heterocycles. The fourth-order valence-electron chi connectivity index (χ4n) is 2.20. The molecule has 2 unspecified atom stereocenters. The average Bonchev–Trinajstić information content (AvgIpc) is 2.34. The number of ether oxygens (including phenoxy) is 1. The molecule has 1 aromatic heterocycles. The van der Waals surface area contributed by atoms with Crippen LogP contribution in [-0.2, 0) is 6.61 Å². The van der Waals surface area contributed by atoms with E-state index in [1.165, 1.54) is 0 Å². The van der Waals surface area contributed by atoms with E-state index in [2.05, 4.69) is 4.98 Å². The predicted octanol–water partition coefficient (Wildman–Crippen LogP) is 1.56. The zero-order valence-electron chi connectivity index (χ0n) is 10.1. The molecule has 0 amide bonds. The van der Waals surface area contributed by atoms with Crippen LogP contribution in [0.4, 0.5) is 0 Å². The quantitative estimate of drug-likeness (QED) is 0.837. The summed E-state index contributed by atoms with van der Waals surface area (Å²) < 4.78 is 5.77. The third-order valence-corrected chi connectivity index (χ3v) is 3.17. The summed E-state index contributed by atoms with van der Waals surface area (Å²) in [5.74, 6) is 0.587. The molecule has 0 spiro atoms. The molecule has 4 nitrogen and oxygen atoms in total. The van der Waals surface area contributed by atoms with E-state index in [1.807, 2.05) is 19.1 Å². The molecular formula is C13H19NO3. The number of aryl methyl sites for hydroxylation is 1. The average molecular weight is 237 g/mol. The summed E-state index contributed by atoms with van der Waals surface area (Å²) in [7, 11) is 0. The molecule has 1 aromatic rings. The normalized spacial score (nSPS) is 24.6. The second-order valence-corrected chi connectivity index (χ2v) is 4.56. The van der Waals surface area contributed by atoms with Gasteiger partial charge in [0.25, 0.3) is 0 Å². The van der Waals surface area contributed by atoms with E-state index in [0.717, 1.165) is 31.4 Å². The van der Waals surface area contributed by atoms with Crippen molar-refractivity contribution in [1.29, 1.82) is 0 Å². The highest BCUT2D eigenvalue weighted by Gasteiger charge is 2.25. The maximum Gasteiger partial charge on any atom is 0.143 e. The zero-order valence-corrected chi connectivity index (χ0v) is 10.1. The van der Waals surface area contributed by atoms with Crippen LogP contribution < -0.4 is 4.74 Å². The van der Waals surface area contributed by atoms with Gasteiger partial charge >= 0.3 is 0 Å². The van der Waals surface area contributed by atoms with Crippen molar-refractivity contribution in [2.45, 2.75) is 51.4 Å². The van der Waals surface area contributed by atoms with Crippen molar-refractivity contribution >= 4 is 0 Å². The summed E-state index contributed by atoms with van der Waals surface area (Å²) in [5.41, 5.74) is 1.40. The summed E-state index contributed by atoms with van der Waals surface area (Å²) >= 11 is 0. The Morgan fingerprint density at radius 2 is 2.12 bits per heavy atom. The molecule has 1 saturated carbocycles. The molecule has 1 fully saturated rings. The molecule has 2 rings (SSSR count). The Morgan fingerprint density at radius 3 is 2.82 bits per heavy atom. The van der Waals surface area contributed by atoms with E-state index in [9.17, 15) is 10.2 Å². The Kier molecular flexibility index (Phi) is 3.97. The van der Waals surface area contributed by atoms with Crippen molar-refractivity contribution in [3.8, 4) is 5.75 Å². The van der Waals surface area contributed by atoms with Crippen molar-refractivity contribution in [1.82, 2.24) is 4.98 Å². The van der Waals surface area contributed by atoms with Gasteiger partial charge in [0.1, 0.15) is 17.5 Å². The fourth-order valence-corrected chi connectivity index (χ4v) is 2.20. The van der Waals surface area contributed by atoms with Gasteiger partial charge in [-0.3, -0.25) is 4.98 Å². The Labute approximate surface area is 101 Å². The third kappa shape index (κ3) is 2.96. The van der Waals surface area contributed by atoms with E-state index < -0.39 is 6.10 Å². The van der Waals surface area contributed by atoms with Gasteiger partial charge in [-0.05, 0) is 38.3 Å². The largest absolute Gasteiger partial charge is 0.486 e. The van der Waals surface area contributed by atoms with E-state index >= 15 is 0 Å². The molecule has 4 heteroatoms. The van der Waals surface area contributed by atoms with E-state index in [1.54, 1.807) is 0 Å². The highest BCUT2D eigenvalue weighted by atomic mass is 16.5. The van der Waals surface area contributed by atoms with Crippen LogP contribution in [0, 0.1) is 6.92 Å². The van der Waals surface area contributed by atoms with Gasteiger partial charge in [-0.2, -0.15) is 0 Å². The topological polar surface area (TPSA) is 62.6 Å². The summed E-state index contributed by atoms with van der Waals surface area (Å²) in [6.07, 6.45) is 3.21. The molecule has 2 atom stereocenters. The molecule has 0 radical (unpaired) electrons. The Morgan fingerprint density at radius 1 is 1.35 bits per heavy atom. The standard InChI is InChI=1S/C13H19NO3/c1-9-6-7-12(10(8-15)14-9)17-13-5-3-2-4-11(13)16/h6-7,11,13,15-16H,2-5,8H2,1H3. The lowest BCUT2D eigenvalue weighted by Gasteiger charge is -2.28. The smallest absolute Gasteiger partial charge is 0.143 e. The minimum atomic E-state index is -0.406. The van der Waals surface area contributed by atoms with Crippen LogP contribution in [0.2, 0.25) is 0 Å². The molecule has 0 saturated heterocycles. The molecule has 0 aromatic carbocycles. The van der Waals surface area contributed by atoms with Gasteiger partial charge in [-0.1, -0.05) is 6.42 Å². The van der Waals surface area contributed by atoms with Crippen molar-refractivity contribution in [2.75, 3.05) is 0 Å². The number of aliphatic hydroxyl groups is 2. The van der Waals surface area contributed by atoms with Crippen LogP contribution in [0.5, 0.6) is 5.75 Å². The number of rotatable bonds is 3. The van der Waals surface area contributed by atoms with Gasteiger partial charge in [0.2, 0.25) is 0 Å². The number of nitrogens with zero attached hydrogens (tertiary/aromatic N) is 1. The van der Waals surface area contributed by atoms with Crippen LogP contribution in [0.1, 0.15) is 37.1 Å². The van der Waals surface area contributed by atoms with Crippen molar-refractivity contribution in [3.63, 3.8) is 0 Å². The minimum Gasteiger partial charge on any atom is -0.486 e. The number of aliphatic hydroxyl groups excluding tert-OH is 2. The lowest BCUT2D eigenvalue weighted by atomic mass is 9.95. The van der Waals surface area contributed by atoms with Crippen molar-refractivity contribution in [2.24, 2.45) is 0 Å². The second-order valence-electron chi connectivity index (χ2n) is 4.56. The molecule has 1 aliphatic rings. The first-order chi connectivity index (χ1) is 8.20. The monoisotopic (exact) mass is 237 g/mol. The van der Waals surface area contributed by atoms with Gasteiger partial charge in [0, 0.05) is 5.69 Å². The zero-order chi connectivity index (χ0) is 12.3. The van der Waals surface area contributed by atoms with Gasteiger partial charge in [-0.15, -0.1) is 0 Å². The first-order valence-electron chi connectivity index (χ1n) is 6.13. The predicted molar refractivity (Wildman–Crippen MR) is 63.8 cm³/mol. The van der Waals surface area contributed by atoms with Gasteiger partial charge in [0.05, 0.1) is 12.7 Å². The molecule has 94 valence electrons. The second kappa shape index (κ2) is 5.47. The van der Waals surface area contributed by atoms with Crippen LogP contribution in [0.25, 0.3) is 0 Å². The third-order valence-electron chi connectivity index (χ3n) is 3.17. The molecule has 1 aliphatic carbocycles. The Balaban J connectivity index is 2.11. The Bertz CT molecular complexity index is 381. The van der Waals surface area contributed by atoms with E-state index in [0.29, 0.717) is 11.4 Å². The first kappa shape index (κ1) is 12.3. The minimum absolute atomic E-state index is 0.139. The first-order valence-corrected chi connectivity index (χ1v) is 6.13. The van der Waals surface area contributed by atoms with E-state index in [-0.39, 0.29) is 12.7 Å². The summed E-state index contributed by atoms with van der Waals surface area (Å²) in [4.78, 5) is 4.23. The molecule has 0 bridgehead atoms. The van der Waals surface area contributed by atoms with Crippen molar-refractivity contribution in [3.05, 3.63) is 23.5 Å². The SMILES string of the molecule is Cc1ccc(OC2CCCCC2O)c(CO)n1. The molecule has 1 heterocycles. The maximum absolute atomic E-state index is 9.84. The fraction of sp³-hybridized carbons (Fsp3) is 0.615. The highest BCUT2D eigenvalue weighted by molar-refractivity contribution is 5.29. The Hall–Kier alpha value is -1.13. The molecule has 2 N–H and O–H groups in total. The van der Waals surface area contributed by atoms with Crippen LogP contribution in [-0.4, -0.2) is 27.4 Å². The number of pyridine rings is 1. The lowest BCUT2D eigenvalue weighted by molar-refractivity contribution is 0.00556. The van der Waals surface area contributed by atoms with E-state index in [4.69, 9.17) is 4.74 Å². The highest BCUT2D eigenvalue weighted by Crippen LogP contribution is 2.25. The van der Waals surface area contributed by atoms with Gasteiger partial charge in [-0.25, -0.2) is 0 Å². The van der Waals surface area contributed by atoms with Gasteiger partial charge in [0.15, 0.2) is 0 Å². The van der Waals surface area contributed by atoms with Crippen LogP contribution >= 0.6 is 0 Å². The number of hydrogen-bond donors (Lipinski definition) is 2. The number of aromatic nitrogens is 1.